The number of aromatic carboxylic acids is 1. The standard InChI is InChI=1S/C15H13FINO3/c1-6-10-13(7(2)12(17)11(6)16)18(8-3-4-8)5-9(14(10)19)15(20)21/h5,8H,3-4H2,1-2H3,(H,20,21). The van der Waals surface area contributed by atoms with Crippen molar-refractivity contribution < 1.29 is 14.3 Å². The number of hydrogen-bond donors (Lipinski definition) is 1. The van der Waals surface area contributed by atoms with Gasteiger partial charge in [-0.05, 0) is 60.4 Å². The molecule has 0 aliphatic heterocycles. The lowest BCUT2D eigenvalue weighted by Gasteiger charge is -2.17. The predicted molar refractivity (Wildman–Crippen MR) is 85.6 cm³/mol. The Bertz CT molecular complexity index is 853. The molecule has 2 aromatic rings. The van der Waals surface area contributed by atoms with Gasteiger partial charge in [-0.25, -0.2) is 9.18 Å². The molecule has 0 atom stereocenters. The van der Waals surface area contributed by atoms with E-state index in [2.05, 4.69) is 0 Å². The van der Waals surface area contributed by atoms with Gasteiger partial charge in [0.1, 0.15) is 11.4 Å². The van der Waals surface area contributed by atoms with Crippen molar-refractivity contribution in [2.75, 3.05) is 0 Å². The van der Waals surface area contributed by atoms with Gasteiger partial charge in [-0.1, -0.05) is 0 Å². The molecule has 1 aliphatic rings. The van der Waals surface area contributed by atoms with Crippen molar-refractivity contribution in [2.24, 2.45) is 0 Å². The number of aromatic nitrogens is 1. The quantitative estimate of drug-likeness (QED) is 0.785. The topological polar surface area (TPSA) is 59.3 Å². The summed E-state index contributed by atoms with van der Waals surface area (Å²) < 4.78 is 16.6. The zero-order valence-corrected chi connectivity index (χ0v) is 13.7. The van der Waals surface area contributed by atoms with Crippen LogP contribution < -0.4 is 5.43 Å². The third-order valence-electron chi connectivity index (χ3n) is 3.99. The van der Waals surface area contributed by atoms with Crippen molar-refractivity contribution in [3.8, 4) is 0 Å². The fourth-order valence-corrected chi connectivity index (χ4v) is 3.36. The molecule has 0 bridgehead atoms. The minimum absolute atomic E-state index is 0.192. The summed E-state index contributed by atoms with van der Waals surface area (Å²) in [6, 6.07) is 0.200. The van der Waals surface area contributed by atoms with Crippen LogP contribution in [0.4, 0.5) is 4.39 Å². The van der Waals surface area contributed by atoms with Crippen LogP contribution in [0, 0.1) is 23.2 Å². The van der Waals surface area contributed by atoms with Crippen LogP contribution in [0.25, 0.3) is 10.9 Å². The van der Waals surface area contributed by atoms with E-state index in [1.165, 1.54) is 13.1 Å². The summed E-state index contributed by atoms with van der Waals surface area (Å²) in [4.78, 5) is 23.7. The Balaban J connectivity index is 2.59. The molecule has 1 saturated carbocycles. The molecule has 3 rings (SSSR count). The molecule has 21 heavy (non-hydrogen) atoms. The summed E-state index contributed by atoms with van der Waals surface area (Å²) in [5.74, 6) is -1.71. The van der Waals surface area contributed by atoms with Gasteiger partial charge in [0.25, 0.3) is 0 Å². The van der Waals surface area contributed by atoms with Gasteiger partial charge in [0, 0.05) is 12.2 Å². The Morgan fingerprint density at radius 1 is 1.38 bits per heavy atom. The van der Waals surface area contributed by atoms with Crippen molar-refractivity contribution in [3.05, 3.63) is 42.5 Å². The molecule has 0 radical (unpaired) electrons. The number of hydrogen-bond acceptors (Lipinski definition) is 2. The average Bonchev–Trinajstić information content (AvgIpc) is 3.26. The molecule has 0 amide bonds. The summed E-state index contributed by atoms with van der Waals surface area (Å²) in [5, 5.41) is 9.42. The molecule has 4 nitrogen and oxygen atoms in total. The van der Waals surface area contributed by atoms with Gasteiger partial charge in [0.05, 0.1) is 14.5 Å². The lowest BCUT2D eigenvalue weighted by Crippen LogP contribution is -2.21. The molecule has 0 spiro atoms. The number of benzene rings is 1. The third-order valence-corrected chi connectivity index (χ3v) is 5.27. The SMILES string of the molecule is Cc1c(F)c(I)c(C)c2c1c(=O)c(C(=O)O)cn2C1CC1. The molecule has 1 N–H and O–H groups in total. The monoisotopic (exact) mass is 401 g/mol. The van der Waals surface area contributed by atoms with E-state index in [0.29, 0.717) is 14.7 Å². The van der Waals surface area contributed by atoms with E-state index in [1.54, 1.807) is 6.92 Å². The van der Waals surface area contributed by atoms with E-state index in [1.807, 2.05) is 27.2 Å². The molecular weight excluding hydrogens is 388 g/mol. The lowest BCUT2D eigenvalue weighted by molar-refractivity contribution is 0.0695. The van der Waals surface area contributed by atoms with Crippen LogP contribution in [-0.2, 0) is 0 Å². The summed E-state index contributed by atoms with van der Waals surface area (Å²) in [5.41, 5.74) is 0.677. The van der Waals surface area contributed by atoms with E-state index in [4.69, 9.17) is 0 Å². The van der Waals surface area contributed by atoms with Gasteiger partial charge >= 0.3 is 5.97 Å². The van der Waals surface area contributed by atoms with Crippen LogP contribution in [0.2, 0.25) is 0 Å². The van der Waals surface area contributed by atoms with Gasteiger partial charge in [0.15, 0.2) is 0 Å². The van der Waals surface area contributed by atoms with Crippen LogP contribution >= 0.6 is 22.6 Å². The Morgan fingerprint density at radius 2 is 2.00 bits per heavy atom. The number of carboxylic acid groups (broad SMARTS) is 1. The molecule has 1 heterocycles. The molecule has 1 aliphatic carbocycles. The number of aryl methyl sites for hydroxylation is 2. The minimum atomic E-state index is -1.27. The van der Waals surface area contributed by atoms with Gasteiger partial charge in [0.2, 0.25) is 5.43 Å². The Labute approximate surface area is 133 Å². The summed E-state index contributed by atoms with van der Waals surface area (Å²) >= 11 is 1.93. The van der Waals surface area contributed by atoms with Crippen LogP contribution in [-0.4, -0.2) is 15.6 Å². The summed E-state index contributed by atoms with van der Waals surface area (Å²) in [6.07, 6.45) is 3.30. The van der Waals surface area contributed by atoms with Crippen LogP contribution in [0.3, 0.4) is 0 Å². The average molecular weight is 401 g/mol. The van der Waals surface area contributed by atoms with Crippen molar-refractivity contribution >= 4 is 39.5 Å². The molecule has 0 saturated heterocycles. The number of carboxylic acids is 1. The number of nitrogens with zero attached hydrogens (tertiary/aromatic N) is 1. The second-order valence-electron chi connectivity index (χ2n) is 5.42. The van der Waals surface area contributed by atoms with Gasteiger partial charge in [-0.15, -0.1) is 0 Å². The van der Waals surface area contributed by atoms with Crippen molar-refractivity contribution in [3.63, 3.8) is 0 Å². The Morgan fingerprint density at radius 3 is 2.52 bits per heavy atom. The zero-order chi connectivity index (χ0) is 15.5. The zero-order valence-electron chi connectivity index (χ0n) is 11.5. The normalized spacial score (nSPS) is 14.7. The highest BCUT2D eigenvalue weighted by atomic mass is 127. The maximum absolute atomic E-state index is 14.3. The van der Waals surface area contributed by atoms with Crippen molar-refractivity contribution in [1.29, 1.82) is 0 Å². The van der Waals surface area contributed by atoms with Crippen LogP contribution in [0.1, 0.15) is 40.4 Å². The number of halogens is 2. The fourth-order valence-electron chi connectivity index (χ4n) is 2.70. The van der Waals surface area contributed by atoms with Gasteiger partial charge in [-0.2, -0.15) is 0 Å². The summed E-state index contributed by atoms with van der Waals surface area (Å²) in [7, 11) is 0. The maximum atomic E-state index is 14.3. The largest absolute Gasteiger partial charge is 0.477 e. The number of carbonyl (C=O) groups is 1. The van der Waals surface area contributed by atoms with E-state index < -0.39 is 17.2 Å². The first-order valence-corrected chi connectivity index (χ1v) is 7.68. The number of fused-ring (bicyclic) bond motifs is 1. The smallest absolute Gasteiger partial charge is 0.341 e. The van der Waals surface area contributed by atoms with E-state index in [0.717, 1.165) is 12.8 Å². The predicted octanol–water partition coefficient (Wildman–Crippen LogP) is 3.40. The first kappa shape index (κ1) is 14.5. The Kier molecular flexibility index (Phi) is 3.31. The second kappa shape index (κ2) is 4.79. The first-order valence-electron chi connectivity index (χ1n) is 6.60. The molecular formula is C15H13FINO3. The minimum Gasteiger partial charge on any atom is -0.477 e. The van der Waals surface area contributed by atoms with Gasteiger partial charge < -0.3 is 9.67 Å². The Hall–Kier alpha value is -1.44. The molecule has 6 heteroatoms. The van der Waals surface area contributed by atoms with Crippen molar-refractivity contribution in [2.45, 2.75) is 32.7 Å². The highest BCUT2D eigenvalue weighted by Crippen LogP contribution is 2.39. The third kappa shape index (κ3) is 2.07. The molecule has 0 unspecified atom stereocenters. The highest BCUT2D eigenvalue weighted by Gasteiger charge is 2.29. The first-order chi connectivity index (χ1) is 9.84. The molecule has 1 aromatic carbocycles. The molecule has 1 fully saturated rings. The number of pyridine rings is 1. The molecule has 1 aromatic heterocycles. The van der Waals surface area contributed by atoms with E-state index >= 15 is 0 Å². The van der Waals surface area contributed by atoms with Gasteiger partial charge in [-0.3, -0.25) is 4.79 Å². The fraction of sp³-hybridized carbons (Fsp3) is 0.333. The number of rotatable bonds is 2. The maximum Gasteiger partial charge on any atom is 0.341 e. The van der Waals surface area contributed by atoms with E-state index in [-0.39, 0.29) is 22.6 Å². The van der Waals surface area contributed by atoms with Crippen LogP contribution in [0.5, 0.6) is 0 Å². The second-order valence-corrected chi connectivity index (χ2v) is 6.50. The lowest BCUT2D eigenvalue weighted by atomic mass is 10.0. The molecule has 110 valence electrons. The van der Waals surface area contributed by atoms with Crippen molar-refractivity contribution in [1.82, 2.24) is 4.57 Å². The summed E-state index contributed by atoms with van der Waals surface area (Å²) in [6.45, 7) is 3.30. The van der Waals surface area contributed by atoms with Crippen LogP contribution in [0.15, 0.2) is 11.0 Å². The highest BCUT2D eigenvalue weighted by molar-refractivity contribution is 14.1. The van der Waals surface area contributed by atoms with E-state index in [9.17, 15) is 19.1 Å².